The average Bonchev–Trinajstić information content (AvgIpc) is 2.45. The van der Waals surface area contributed by atoms with Gasteiger partial charge in [-0.2, -0.15) is 0 Å². The Morgan fingerprint density at radius 2 is 1.35 bits per heavy atom. The number of hydrazine groups is 1. The molecule has 0 heterocycles. The molecule has 20 heavy (non-hydrogen) atoms. The summed E-state index contributed by atoms with van der Waals surface area (Å²) in [5, 5.41) is 0. The third kappa shape index (κ3) is 3.85. The number of hydrogen-bond donors (Lipinski definition) is 2. The number of halogens is 2. The average molecular weight is 276 g/mol. The van der Waals surface area contributed by atoms with E-state index in [1.165, 1.54) is 24.3 Å². The normalized spacial score (nSPS) is 14.0. The Hall–Kier alpha value is -1.78. The first-order valence-corrected chi connectivity index (χ1v) is 6.58. The van der Waals surface area contributed by atoms with E-state index in [2.05, 4.69) is 10.9 Å². The van der Waals surface area contributed by atoms with Crippen LogP contribution in [-0.2, 0) is 0 Å². The summed E-state index contributed by atoms with van der Waals surface area (Å²) in [6.45, 7) is 3.91. The Bertz CT molecular complexity index is 555. The van der Waals surface area contributed by atoms with E-state index in [0.29, 0.717) is 0 Å². The zero-order valence-electron chi connectivity index (χ0n) is 11.5. The molecule has 0 bridgehead atoms. The predicted octanol–water partition coefficient (Wildman–Crippen LogP) is 3.88. The number of rotatable bonds is 5. The summed E-state index contributed by atoms with van der Waals surface area (Å²) in [5.41, 5.74) is 8.11. The Labute approximate surface area is 117 Å². The van der Waals surface area contributed by atoms with Gasteiger partial charge in [0.2, 0.25) is 0 Å². The van der Waals surface area contributed by atoms with Crippen LogP contribution in [0.5, 0.6) is 0 Å². The first-order chi connectivity index (χ1) is 9.56. The Morgan fingerprint density at radius 3 is 1.95 bits per heavy atom. The van der Waals surface area contributed by atoms with Gasteiger partial charge in [0.1, 0.15) is 11.6 Å². The first kappa shape index (κ1) is 14.6. The lowest BCUT2D eigenvalue weighted by Crippen LogP contribution is -2.36. The highest BCUT2D eigenvalue weighted by atomic mass is 19.1. The lowest BCUT2D eigenvalue weighted by Gasteiger charge is -2.20. The van der Waals surface area contributed by atoms with E-state index in [1.54, 1.807) is 18.2 Å². The summed E-state index contributed by atoms with van der Waals surface area (Å²) in [5.74, 6) is -0.496. The lowest BCUT2D eigenvalue weighted by atomic mass is 10.1. The molecule has 106 valence electrons. The SMILES string of the molecule is CC(NNC(C)c1cccc(F)c1)c1ccc(F)cc1. The van der Waals surface area contributed by atoms with E-state index in [-0.39, 0.29) is 23.7 Å². The van der Waals surface area contributed by atoms with Crippen LogP contribution in [0.25, 0.3) is 0 Å². The van der Waals surface area contributed by atoms with Gasteiger partial charge in [0.05, 0.1) is 0 Å². The summed E-state index contributed by atoms with van der Waals surface area (Å²) < 4.78 is 26.0. The Morgan fingerprint density at radius 1 is 0.750 bits per heavy atom. The molecule has 0 amide bonds. The van der Waals surface area contributed by atoms with Crippen LogP contribution in [-0.4, -0.2) is 0 Å². The summed E-state index contributed by atoms with van der Waals surface area (Å²) in [6, 6.07) is 12.8. The van der Waals surface area contributed by atoms with Crippen LogP contribution >= 0.6 is 0 Å². The van der Waals surface area contributed by atoms with Crippen molar-refractivity contribution in [2.45, 2.75) is 25.9 Å². The van der Waals surface area contributed by atoms with Crippen LogP contribution in [0.15, 0.2) is 48.5 Å². The van der Waals surface area contributed by atoms with Crippen LogP contribution in [0.3, 0.4) is 0 Å². The fraction of sp³-hybridized carbons (Fsp3) is 0.250. The van der Waals surface area contributed by atoms with Gasteiger partial charge in [-0.05, 0) is 49.2 Å². The van der Waals surface area contributed by atoms with E-state index in [9.17, 15) is 8.78 Å². The smallest absolute Gasteiger partial charge is 0.123 e. The quantitative estimate of drug-likeness (QED) is 0.810. The van der Waals surface area contributed by atoms with Crippen molar-refractivity contribution in [3.05, 3.63) is 71.3 Å². The van der Waals surface area contributed by atoms with E-state index in [0.717, 1.165) is 11.1 Å². The monoisotopic (exact) mass is 276 g/mol. The van der Waals surface area contributed by atoms with Crippen LogP contribution in [0.4, 0.5) is 8.78 Å². The fourth-order valence-corrected chi connectivity index (χ4v) is 1.94. The molecule has 2 atom stereocenters. The van der Waals surface area contributed by atoms with Crippen LogP contribution in [0, 0.1) is 11.6 Å². The Balaban J connectivity index is 1.93. The Kier molecular flexibility index (Phi) is 4.82. The molecule has 0 fully saturated rings. The molecule has 2 N–H and O–H groups in total. The zero-order chi connectivity index (χ0) is 14.5. The molecule has 2 aromatic rings. The third-order valence-corrected chi connectivity index (χ3v) is 3.24. The maximum atomic E-state index is 13.1. The highest BCUT2D eigenvalue weighted by molar-refractivity contribution is 5.20. The number of hydrogen-bond acceptors (Lipinski definition) is 2. The minimum Gasteiger partial charge on any atom is -0.250 e. The van der Waals surface area contributed by atoms with Crippen LogP contribution in [0.2, 0.25) is 0 Å². The summed E-state index contributed by atoms with van der Waals surface area (Å²) in [6.07, 6.45) is 0. The van der Waals surface area contributed by atoms with E-state index in [4.69, 9.17) is 0 Å². The molecule has 2 nitrogen and oxygen atoms in total. The van der Waals surface area contributed by atoms with Gasteiger partial charge in [0.15, 0.2) is 0 Å². The predicted molar refractivity (Wildman–Crippen MR) is 75.9 cm³/mol. The molecule has 0 aliphatic carbocycles. The van der Waals surface area contributed by atoms with Gasteiger partial charge in [0.25, 0.3) is 0 Å². The van der Waals surface area contributed by atoms with Crippen molar-refractivity contribution < 1.29 is 8.78 Å². The molecule has 4 heteroatoms. The summed E-state index contributed by atoms with van der Waals surface area (Å²) in [7, 11) is 0. The molecule has 0 aliphatic rings. The summed E-state index contributed by atoms with van der Waals surface area (Å²) >= 11 is 0. The van der Waals surface area contributed by atoms with Gasteiger partial charge in [-0.15, -0.1) is 0 Å². The second kappa shape index (κ2) is 6.59. The molecule has 0 spiro atoms. The molecular weight excluding hydrogens is 258 g/mol. The standard InChI is InChI=1S/C16H18F2N2/c1-11(13-6-8-15(17)9-7-13)19-20-12(2)14-4-3-5-16(18)10-14/h3-12,19-20H,1-2H3. The molecular formula is C16H18F2N2. The van der Waals surface area contributed by atoms with Crippen LogP contribution in [0.1, 0.15) is 37.1 Å². The number of benzene rings is 2. The maximum Gasteiger partial charge on any atom is 0.123 e. The molecule has 2 unspecified atom stereocenters. The molecule has 0 aromatic heterocycles. The second-order valence-corrected chi connectivity index (χ2v) is 4.84. The minimum absolute atomic E-state index is 0.0200. The molecule has 0 radical (unpaired) electrons. The molecule has 2 aromatic carbocycles. The van der Waals surface area contributed by atoms with Crippen molar-refractivity contribution in [3.8, 4) is 0 Å². The van der Waals surface area contributed by atoms with E-state index < -0.39 is 0 Å². The van der Waals surface area contributed by atoms with Crippen molar-refractivity contribution in [3.63, 3.8) is 0 Å². The highest BCUT2D eigenvalue weighted by Crippen LogP contribution is 2.15. The molecule has 0 saturated heterocycles. The van der Waals surface area contributed by atoms with Gasteiger partial charge >= 0.3 is 0 Å². The highest BCUT2D eigenvalue weighted by Gasteiger charge is 2.09. The summed E-state index contributed by atoms with van der Waals surface area (Å²) in [4.78, 5) is 0. The van der Waals surface area contributed by atoms with Gasteiger partial charge in [-0.3, -0.25) is 10.9 Å². The van der Waals surface area contributed by atoms with Gasteiger partial charge in [-0.1, -0.05) is 24.3 Å². The fourth-order valence-electron chi connectivity index (χ4n) is 1.94. The second-order valence-electron chi connectivity index (χ2n) is 4.84. The van der Waals surface area contributed by atoms with Crippen molar-refractivity contribution in [2.75, 3.05) is 0 Å². The molecule has 0 aliphatic heterocycles. The van der Waals surface area contributed by atoms with Crippen LogP contribution < -0.4 is 10.9 Å². The van der Waals surface area contributed by atoms with E-state index in [1.807, 2.05) is 19.9 Å². The van der Waals surface area contributed by atoms with E-state index >= 15 is 0 Å². The van der Waals surface area contributed by atoms with Gasteiger partial charge in [-0.25, -0.2) is 8.78 Å². The van der Waals surface area contributed by atoms with Crippen molar-refractivity contribution >= 4 is 0 Å². The lowest BCUT2D eigenvalue weighted by molar-refractivity contribution is 0.409. The largest absolute Gasteiger partial charge is 0.250 e. The van der Waals surface area contributed by atoms with Crippen molar-refractivity contribution in [1.29, 1.82) is 0 Å². The third-order valence-electron chi connectivity index (χ3n) is 3.24. The van der Waals surface area contributed by atoms with Crippen molar-refractivity contribution in [2.24, 2.45) is 0 Å². The first-order valence-electron chi connectivity index (χ1n) is 6.58. The van der Waals surface area contributed by atoms with Gasteiger partial charge in [0, 0.05) is 12.1 Å². The van der Waals surface area contributed by atoms with Crippen molar-refractivity contribution in [1.82, 2.24) is 10.9 Å². The topological polar surface area (TPSA) is 24.1 Å². The van der Waals surface area contributed by atoms with Gasteiger partial charge < -0.3 is 0 Å². The maximum absolute atomic E-state index is 13.1. The molecule has 2 rings (SSSR count). The minimum atomic E-state index is -0.248. The number of nitrogens with one attached hydrogen (secondary N) is 2. The molecule has 0 saturated carbocycles. The zero-order valence-corrected chi connectivity index (χ0v) is 11.5.